The number of para-hydroxylation sites is 2. The Morgan fingerprint density at radius 3 is 2.78 bits per heavy atom. The molecule has 1 aromatic carbocycles. The summed E-state index contributed by atoms with van der Waals surface area (Å²) in [5, 5.41) is 5.69. The molecule has 2 aromatic rings. The predicted molar refractivity (Wildman–Crippen MR) is 70.3 cm³/mol. The summed E-state index contributed by atoms with van der Waals surface area (Å²) in [5.41, 5.74) is 1.02. The molecule has 5 nitrogen and oxygen atoms in total. The summed E-state index contributed by atoms with van der Waals surface area (Å²) in [4.78, 5) is 15.9. The Morgan fingerprint density at radius 1 is 1.39 bits per heavy atom. The molecule has 0 saturated heterocycles. The van der Waals surface area contributed by atoms with Crippen LogP contribution in [0.25, 0.3) is 11.1 Å². The molecule has 1 heterocycles. The minimum Gasteiger partial charge on any atom is -0.424 e. The first kappa shape index (κ1) is 12.4. The molecule has 0 radical (unpaired) electrons. The van der Waals surface area contributed by atoms with E-state index in [0.29, 0.717) is 12.6 Å². The van der Waals surface area contributed by atoms with Crippen LogP contribution < -0.4 is 10.6 Å². The van der Waals surface area contributed by atoms with Crippen LogP contribution in [0.1, 0.15) is 13.8 Å². The average Bonchev–Trinajstić information content (AvgIpc) is 2.78. The summed E-state index contributed by atoms with van der Waals surface area (Å²) in [6.07, 6.45) is 0. The Balaban J connectivity index is 2.08. The van der Waals surface area contributed by atoms with Crippen LogP contribution in [0.3, 0.4) is 0 Å². The van der Waals surface area contributed by atoms with Crippen molar-refractivity contribution in [3.63, 3.8) is 0 Å². The average molecular weight is 247 g/mol. The zero-order chi connectivity index (χ0) is 13.2. The second-order valence-electron chi connectivity index (χ2n) is 4.80. The van der Waals surface area contributed by atoms with Crippen molar-refractivity contribution in [2.45, 2.75) is 13.8 Å². The van der Waals surface area contributed by atoms with Gasteiger partial charge in [0.05, 0.1) is 5.41 Å². The Morgan fingerprint density at radius 2 is 2.11 bits per heavy atom. The fourth-order valence-electron chi connectivity index (χ4n) is 1.66. The quantitative estimate of drug-likeness (QED) is 0.867. The van der Waals surface area contributed by atoms with Gasteiger partial charge in [0, 0.05) is 13.6 Å². The van der Waals surface area contributed by atoms with Gasteiger partial charge in [-0.1, -0.05) is 12.1 Å². The van der Waals surface area contributed by atoms with Gasteiger partial charge in [-0.3, -0.25) is 4.79 Å². The van der Waals surface area contributed by atoms with E-state index in [1.165, 1.54) is 0 Å². The van der Waals surface area contributed by atoms with E-state index in [1.807, 2.05) is 38.1 Å². The van der Waals surface area contributed by atoms with Crippen molar-refractivity contribution >= 4 is 23.0 Å². The van der Waals surface area contributed by atoms with Gasteiger partial charge >= 0.3 is 0 Å². The van der Waals surface area contributed by atoms with Crippen LogP contribution in [-0.4, -0.2) is 24.5 Å². The summed E-state index contributed by atoms with van der Waals surface area (Å²) in [6, 6.07) is 7.98. The second kappa shape index (κ2) is 4.68. The summed E-state index contributed by atoms with van der Waals surface area (Å²) in [7, 11) is 1.63. The molecule has 1 amide bonds. The minimum atomic E-state index is -0.518. The Labute approximate surface area is 106 Å². The summed E-state index contributed by atoms with van der Waals surface area (Å²) < 4.78 is 5.52. The van der Waals surface area contributed by atoms with Gasteiger partial charge in [-0.15, -0.1) is 0 Å². The van der Waals surface area contributed by atoms with Gasteiger partial charge in [0.1, 0.15) is 5.52 Å². The fourth-order valence-corrected chi connectivity index (χ4v) is 1.66. The van der Waals surface area contributed by atoms with Crippen molar-refractivity contribution in [2.75, 3.05) is 18.9 Å². The number of hydrogen-bond acceptors (Lipinski definition) is 4. The first-order valence-electron chi connectivity index (χ1n) is 5.84. The highest BCUT2D eigenvalue weighted by atomic mass is 16.4. The third kappa shape index (κ3) is 2.45. The van der Waals surface area contributed by atoms with Gasteiger partial charge in [-0.2, -0.15) is 4.98 Å². The molecule has 2 rings (SSSR count). The second-order valence-corrected chi connectivity index (χ2v) is 4.80. The maximum Gasteiger partial charge on any atom is 0.295 e. The van der Waals surface area contributed by atoms with Gasteiger partial charge in [0.25, 0.3) is 6.01 Å². The predicted octanol–water partition coefficient (Wildman–Crippen LogP) is 2.01. The molecule has 0 bridgehead atoms. The molecular weight excluding hydrogens is 230 g/mol. The summed E-state index contributed by atoms with van der Waals surface area (Å²) >= 11 is 0. The summed E-state index contributed by atoms with van der Waals surface area (Å²) in [5.74, 6) is -0.0221. The molecule has 5 heteroatoms. The lowest BCUT2D eigenvalue weighted by molar-refractivity contribution is -0.128. The molecule has 96 valence electrons. The number of hydrogen-bond donors (Lipinski definition) is 2. The van der Waals surface area contributed by atoms with Crippen molar-refractivity contribution in [2.24, 2.45) is 5.41 Å². The monoisotopic (exact) mass is 247 g/mol. The van der Waals surface area contributed by atoms with E-state index in [2.05, 4.69) is 15.6 Å². The lowest BCUT2D eigenvalue weighted by Gasteiger charge is -2.22. The van der Waals surface area contributed by atoms with E-state index in [0.717, 1.165) is 11.1 Å². The van der Waals surface area contributed by atoms with Gasteiger partial charge in [0.2, 0.25) is 5.91 Å². The number of carbonyl (C=O) groups excluding carboxylic acids is 1. The highest BCUT2D eigenvalue weighted by molar-refractivity contribution is 5.82. The molecule has 0 fully saturated rings. The maximum atomic E-state index is 11.6. The normalized spacial score (nSPS) is 11.5. The number of nitrogens with zero attached hydrogens (tertiary/aromatic N) is 1. The Kier molecular flexibility index (Phi) is 3.23. The summed E-state index contributed by atoms with van der Waals surface area (Å²) in [6.45, 7) is 4.18. The smallest absolute Gasteiger partial charge is 0.295 e. The SMILES string of the molecule is CNC(=O)C(C)(C)CNc1nc2ccccc2o1. The van der Waals surface area contributed by atoms with E-state index >= 15 is 0 Å². The largest absolute Gasteiger partial charge is 0.424 e. The van der Waals surface area contributed by atoms with E-state index in [9.17, 15) is 4.79 Å². The first-order valence-corrected chi connectivity index (χ1v) is 5.84. The van der Waals surface area contributed by atoms with Gasteiger partial charge in [-0.05, 0) is 26.0 Å². The highest BCUT2D eigenvalue weighted by Gasteiger charge is 2.26. The molecule has 0 aliphatic rings. The third-order valence-corrected chi connectivity index (χ3v) is 2.82. The van der Waals surface area contributed by atoms with Crippen LogP contribution in [0.2, 0.25) is 0 Å². The van der Waals surface area contributed by atoms with E-state index in [4.69, 9.17) is 4.42 Å². The molecule has 0 atom stereocenters. The van der Waals surface area contributed by atoms with E-state index < -0.39 is 5.41 Å². The number of anilines is 1. The van der Waals surface area contributed by atoms with Crippen LogP contribution >= 0.6 is 0 Å². The number of carbonyl (C=O) groups is 1. The van der Waals surface area contributed by atoms with Crippen LogP contribution in [0.4, 0.5) is 6.01 Å². The topological polar surface area (TPSA) is 67.2 Å². The van der Waals surface area contributed by atoms with Crippen molar-refractivity contribution in [1.82, 2.24) is 10.3 Å². The molecule has 18 heavy (non-hydrogen) atoms. The van der Waals surface area contributed by atoms with Crippen molar-refractivity contribution in [1.29, 1.82) is 0 Å². The molecule has 1 aromatic heterocycles. The number of amides is 1. The molecule has 0 aliphatic carbocycles. The first-order chi connectivity index (χ1) is 8.53. The number of benzene rings is 1. The van der Waals surface area contributed by atoms with E-state index in [1.54, 1.807) is 7.05 Å². The Hall–Kier alpha value is -2.04. The van der Waals surface area contributed by atoms with Gasteiger partial charge < -0.3 is 15.1 Å². The number of fused-ring (bicyclic) bond motifs is 1. The maximum absolute atomic E-state index is 11.6. The minimum absolute atomic E-state index is 0.0221. The standard InChI is InChI=1S/C13H17N3O2/c1-13(2,11(17)14-3)8-15-12-16-9-6-4-5-7-10(9)18-12/h4-7H,8H2,1-3H3,(H,14,17)(H,15,16). The zero-order valence-electron chi connectivity index (χ0n) is 10.8. The molecule has 0 spiro atoms. The molecule has 0 aliphatic heterocycles. The van der Waals surface area contributed by atoms with Gasteiger partial charge in [0.15, 0.2) is 5.58 Å². The Bertz CT molecular complexity index is 527. The number of aromatic nitrogens is 1. The van der Waals surface area contributed by atoms with Crippen LogP contribution in [0, 0.1) is 5.41 Å². The number of oxazole rings is 1. The molecule has 2 N–H and O–H groups in total. The fraction of sp³-hybridized carbons (Fsp3) is 0.385. The van der Waals surface area contributed by atoms with Crippen LogP contribution in [-0.2, 0) is 4.79 Å². The highest BCUT2D eigenvalue weighted by Crippen LogP contribution is 2.20. The number of rotatable bonds is 4. The van der Waals surface area contributed by atoms with E-state index in [-0.39, 0.29) is 5.91 Å². The van der Waals surface area contributed by atoms with Gasteiger partial charge in [-0.25, -0.2) is 0 Å². The lowest BCUT2D eigenvalue weighted by atomic mass is 9.92. The van der Waals surface area contributed by atoms with Crippen LogP contribution in [0.15, 0.2) is 28.7 Å². The molecule has 0 saturated carbocycles. The van der Waals surface area contributed by atoms with Crippen molar-refractivity contribution in [3.8, 4) is 0 Å². The zero-order valence-corrected chi connectivity index (χ0v) is 10.8. The van der Waals surface area contributed by atoms with Crippen LogP contribution in [0.5, 0.6) is 0 Å². The van der Waals surface area contributed by atoms with Crippen molar-refractivity contribution < 1.29 is 9.21 Å². The molecule has 0 unspecified atom stereocenters. The van der Waals surface area contributed by atoms with Crippen molar-refractivity contribution in [3.05, 3.63) is 24.3 Å². The molecular formula is C13H17N3O2. The number of nitrogens with one attached hydrogen (secondary N) is 2. The third-order valence-electron chi connectivity index (χ3n) is 2.82. The lowest BCUT2D eigenvalue weighted by Crippen LogP contribution is -2.39.